The van der Waals surface area contributed by atoms with Gasteiger partial charge >= 0.3 is 0 Å². The normalized spacial score (nSPS) is 23.2. The minimum absolute atomic E-state index is 0.00435. The van der Waals surface area contributed by atoms with Crippen molar-refractivity contribution >= 4 is 15.9 Å². The topological polar surface area (TPSA) is 105 Å². The van der Waals surface area contributed by atoms with Crippen LogP contribution in [-0.2, 0) is 19.6 Å². The number of carbonyl (C=O) groups excluding carboxylic acids is 1. The van der Waals surface area contributed by atoms with Gasteiger partial charge in [0.15, 0.2) is 0 Å². The molecule has 2 N–H and O–H groups in total. The average Bonchev–Trinajstić information content (AvgIpc) is 2.64. The van der Waals surface area contributed by atoms with E-state index >= 15 is 0 Å². The maximum Gasteiger partial charge on any atom is 0.264 e. The van der Waals surface area contributed by atoms with E-state index in [0.717, 1.165) is 10.7 Å². The Labute approximate surface area is 159 Å². The highest BCUT2D eigenvalue weighted by Gasteiger charge is 2.44. The van der Waals surface area contributed by atoms with Crippen molar-refractivity contribution in [3.63, 3.8) is 0 Å². The third-order valence-corrected chi connectivity index (χ3v) is 5.92. The molecule has 1 aromatic carbocycles. The number of morpholine rings is 1. The molecular weight excluding hydrogens is 372 g/mol. The lowest BCUT2D eigenvalue weighted by atomic mass is 10.1. The minimum atomic E-state index is -3.98. The van der Waals surface area contributed by atoms with Gasteiger partial charge < -0.3 is 9.47 Å². The number of benzene rings is 1. The first-order valence-corrected chi connectivity index (χ1v) is 10.0. The van der Waals surface area contributed by atoms with Gasteiger partial charge in [0.25, 0.3) is 5.91 Å². The number of ether oxygens (including phenoxy) is 2. The largest absolute Gasteiger partial charge is 0.481 e. The summed E-state index contributed by atoms with van der Waals surface area (Å²) in [6.07, 6.45) is -0.368. The molecule has 0 aliphatic carbocycles. The van der Waals surface area contributed by atoms with Crippen LogP contribution in [0.25, 0.3) is 0 Å². The summed E-state index contributed by atoms with van der Waals surface area (Å²) in [5, 5.41) is 8.98. The van der Waals surface area contributed by atoms with E-state index in [-0.39, 0.29) is 18.0 Å². The van der Waals surface area contributed by atoms with Crippen LogP contribution in [0, 0.1) is 11.8 Å². The summed E-state index contributed by atoms with van der Waals surface area (Å²) in [5.41, 5.74) is 1.52. The van der Waals surface area contributed by atoms with Crippen LogP contribution < -0.4 is 10.2 Å². The fraction of sp³-hybridized carbons (Fsp3) is 0.500. The number of hydrogen-bond donors (Lipinski definition) is 2. The molecule has 0 radical (unpaired) electrons. The Morgan fingerprint density at radius 2 is 2.00 bits per heavy atom. The lowest BCUT2D eigenvalue weighted by Gasteiger charge is -2.40. The van der Waals surface area contributed by atoms with Gasteiger partial charge in [-0.25, -0.2) is 13.9 Å². The molecule has 1 aromatic rings. The lowest BCUT2D eigenvalue weighted by molar-refractivity contribution is -0.146. The van der Waals surface area contributed by atoms with Gasteiger partial charge in [0.05, 0.1) is 17.1 Å². The molecule has 9 heteroatoms. The maximum absolute atomic E-state index is 13.1. The Bertz CT molecular complexity index is 812. The van der Waals surface area contributed by atoms with Crippen LogP contribution in [0.3, 0.4) is 0 Å². The van der Waals surface area contributed by atoms with E-state index in [2.05, 4.69) is 11.8 Å². The Hall–Kier alpha value is -2.12. The summed E-state index contributed by atoms with van der Waals surface area (Å²) in [6.45, 7) is 5.46. The number of rotatable bonds is 5. The average molecular weight is 396 g/mol. The van der Waals surface area contributed by atoms with Gasteiger partial charge in [0.2, 0.25) is 10.0 Å². The van der Waals surface area contributed by atoms with Gasteiger partial charge in [-0.2, -0.15) is 4.31 Å². The monoisotopic (exact) mass is 396 g/mol. The van der Waals surface area contributed by atoms with Crippen molar-refractivity contribution < 1.29 is 27.9 Å². The van der Waals surface area contributed by atoms with Crippen molar-refractivity contribution in [2.75, 3.05) is 13.2 Å². The Kier molecular flexibility index (Phi) is 7.21. The second-order valence-electron chi connectivity index (χ2n) is 6.11. The molecular formula is C18H24N2O6S. The Morgan fingerprint density at radius 1 is 1.33 bits per heavy atom. The number of nitrogens with one attached hydrogen (secondary N) is 1. The first-order chi connectivity index (χ1) is 12.8. The summed E-state index contributed by atoms with van der Waals surface area (Å²) < 4.78 is 38.2. The van der Waals surface area contributed by atoms with Gasteiger partial charge in [-0.1, -0.05) is 12.8 Å². The predicted octanol–water partition coefficient (Wildman–Crippen LogP) is 1.15. The van der Waals surface area contributed by atoms with Crippen LogP contribution in [0.4, 0.5) is 0 Å². The SMILES string of the molecule is CCC#CCOc1ccc(S(=O)(=O)N2C[C@H](C)O[C@@H](C)[C@@H]2C(=O)NO)cc1. The maximum atomic E-state index is 13.1. The lowest BCUT2D eigenvalue weighted by Crippen LogP contribution is -2.60. The molecule has 0 bridgehead atoms. The number of amides is 1. The number of carbonyl (C=O) groups is 1. The molecule has 2 rings (SSSR count). The third-order valence-electron chi connectivity index (χ3n) is 4.06. The van der Waals surface area contributed by atoms with Crippen molar-refractivity contribution in [1.29, 1.82) is 0 Å². The highest BCUT2D eigenvalue weighted by atomic mass is 32.2. The number of hydroxylamine groups is 1. The molecule has 0 saturated carbocycles. The van der Waals surface area contributed by atoms with Gasteiger partial charge in [-0.05, 0) is 38.1 Å². The van der Waals surface area contributed by atoms with Crippen LogP contribution >= 0.6 is 0 Å². The highest BCUT2D eigenvalue weighted by molar-refractivity contribution is 7.89. The van der Waals surface area contributed by atoms with Crippen molar-refractivity contribution in [3.05, 3.63) is 24.3 Å². The first-order valence-electron chi connectivity index (χ1n) is 8.61. The molecule has 148 valence electrons. The van der Waals surface area contributed by atoms with E-state index < -0.39 is 34.2 Å². The van der Waals surface area contributed by atoms with Crippen LogP contribution in [0.1, 0.15) is 27.2 Å². The second-order valence-corrected chi connectivity index (χ2v) is 8.01. The molecule has 1 saturated heterocycles. The standard InChI is InChI=1S/C18H24N2O6S/c1-4-5-6-11-25-15-7-9-16(10-8-15)27(23,24)20-12-13(2)26-14(3)17(20)18(21)19-22/h7-10,13-14,17,22H,4,11-12H2,1-3H3,(H,19,21)/t13-,14-,17+/m0/s1. The molecule has 27 heavy (non-hydrogen) atoms. The van der Waals surface area contributed by atoms with Crippen LogP contribution in [0.5, 0.6) is 5.75 Å². The summed E-state index contributed by atoms with van der Waals surface area (Å²) in [5.74, 6) is 5.37. The summed E-state index contributed by atoms with van der Waals surface area (Å²) in [6, 6.07) is 4.73. The van der Waals surface area contributed by atoms with Crippen molar-refractivity contribution in [2.45, 2.75) is 50.3 Å². The molecule has 1 fully saturated rings. The smallest absolute Gasteiger partial charge is 0.264 e. The highest BCUT2D eigenvalue weighted by Crippen LogP contribution is 2.27. The fourth-order valence-electron chi connectivity index (χ4n) is 2.88. The van der Waals surface area contributed by atoms with E-state index in [1.54, 1.807) is 13.8 Å². The van der Waals surface area contributed by atoms with Gasteiger partial charge in [0, 0.05) is 13.0 Å². The number of sulfonamides is 1. The van der Waals surface area contributed by atoms with Crippen molar-refractivity contribution in [1.82, 2.24) is 9.79 Å². The molecule has 1 amide bonds. The van der Waals surface area contributed by atoms with E-state index in [4.69, 9.17) is 14.7 Å². The molecule has 1 heterocycles. The molecule has 1 aliphatic heterocycles. The molecule has 0 aromatic heterocycles. The molecule has 0 unspecified atom stereocenters. The second kappa shape index (κ2) is 9.19. The van der Waals surface area contributed by atoms with Crippen LogP contribution in [-0.4, -0.2) is 55.2 Å². The Morgan fingerprint density at radius 3 is 2.59 bits per heavy atom. The number of nitrogens with zero attached hydrogens (tertiary/aromatic N) is 1. The molecule has 8 nitrogen and oxygen atoms in total. The van der Waals surface area contributed by atoms with E-state index in [9.17, 15) is 13.2 Å². The summed E-state index contributed by atoms with van der Waals surface area (Å²) >= 11 is 0. The fourth-order valence-corrected chi connectivity index (χ4v) is 4.60. The van der Waals surface area contributed by atoms with E-state index in [0.29, 0.717) is 5.75 Å². The van der Waals surface area contributed by atoms with E-state index in [1.807, 2.05) is 6.92 Å². The van der Waals surface area contributed by atoms with Crippen molar-refractivity contribution in [3.8, 4) is 17.6 Å². The zero-order valence-electron chi connectivity index (χ0n) is 15.5. The van der Waals surface area contributed by atoms with Crippen molar-refractivity contribution in [2.24, 2.45) is 0 Å². The van der Waals surface area contributed by atoms with E-state index in [1.165, 1.54) is 29.7 Å². The zero-order chi connectivity index (χ0) is 20.0. The van der Waals surface area contributed by atoms with Crippen LogP contribution in [0.2, 0.25) is 0 Å². The van der Waals surface area contributed by atoms with Crippen LogP contribution in [0.15, 0.2) is 29.2 Å². The predicted molar refractivity (Wildman–Crippen MR) is 97.6 cm³/mol. The van der Waals surface area contributed by atoms with Gasteiger partial charge in [-0.15, -0.1) is 5.92 Å². The Balaban J connectivity index is 2.25. The number of hydrogen-bond acceptors (Lipinski definition) is 6. The molecule has 3 atom stereocenters. The van der Waals surface area contributed by atoms with Gasteiger partial charge in [-0.3, -0.25) is 10.0 Å². The molecule has 0 spiro atoms. The molecule has 1 aliphatic rings. The third kappa shape index (κ3) is 4.99. The minimum Gasteiger partial charge on any atom is -0.481 e. The van der Waals surface area contributed by atoms with Gasteiger partial charge in [0.1, 0.15) is 18.4 Å². The first kappa shape index (κ1) is 21.2. The summed E-state index contributed by atoms with van der Waals surface area (Å²) in [4.78, 5) is 12.0. The summed E-state index contributed by atoms with van der Waals surface area (Å²) in [7, 11) is -3.98. The quantitative estimate of drug-likeness (QED) is 0.439. The zero-order valence-corrected chi connectivity index (χ0v) is 16.3.